The minimum Gasteiger partial charge on any atom is -0.398 e. The van der Waals surface area contributed by atoms with Crippen molar-refractivity contribution in [2.24, 2.45) is 5.92 Å². The van der Waals surface area contributed by atoms with Crippen LogP contribution in [0.1, 0.15) is 44.7 Å². The molecule has 0 spiro atoms. The minimum atomic E-state index is -3.45. The van der Waals surface area contributed by atoms with E-state index in [9.17, 15) is 8.42 Å². The van der Waals surface area contributed by atoms with Gasteiger partial charge in [0.1, 0.15) is 0 Å². The van der Waals surface area contributed by atoms with E-state index in [0.717, 1.165) is 30.4 Å². The maximum absolute atomic E-state index is 13.0. The number of hydrogen-bond acceptors (Lipinski definition) is 3. The molecule has 1 aromatic carbocycles. The molecule has 0 heterocycles. The largest absolute Gasteiger partial charge is 0.398 e. The number of aryl methyl sites for hydroxylation is 1. The van der Waals surface area contributed by atoms with Crippen molar-refractivity contribution in [2.75, 3.05) is 18.8 Å². The van der Waals surface area contributed by atoms with Crippen LogP contribution in [0.2, 0.25) is 0 Å². The van der Waals surface area contributed by atoms with Crippen molar-refractivity contribution in [3.8, 4) is 0 Å². The maximum atomic E-state index is 13.0. The lowest BCUT2D eigenvalue weighted by atomic mass is 10.1. The summed E-state index contributed by atoms with van der Waals surface area (Å²) in [5.74, 6) is 0.538. The highest BCUT2D eigenvalue weighted by atomic mass is 32.2. The summed E-state index contributed by atoms with van der Waals surface area (Å²) in [4.78, 5) is 0.407. The fraction of sp³-hybridized carbons (Fsp3) is 0.625. The van der Waals surface area contributed by atoms with Crippen LogP contribution in [0.15, 0.2) is 17.0 Å². The zero-order valence-electron chi connectivity index (χ0n) is 13.2. The maximum Gasteiger partial charge on any atom is 0.243 e. The first-order valence-electron chi connectivity index (χ1n) is 7.85. The van der Waals surface area contributed by atoms with E-state index >= 15 is 0 Å². The van der Waals surface area contributed by atoms with Crippen LogP contribution in [-0.2, 0) is 22.9 Å². The molecule has 0 unspecified atom stereocenters. The molecule has 2 rings (SSSR count). The fourth-order valence-electron chi connectivity index (χ4n) is 2.66. The Morgan fingerprint density at radius 1 is 1.19 bits per heavy atom. The molecule has 0 atom stereocenters. The quantitative estimate of drug-likeness (QED) is 0.788. The van der Waals surface area contributed by atoms with Gasteiger partial charge in [0.25, 0.3) is 0 Å². The van der Waals surface area contributed by atoms with Gasteiger partial charge >= 0.3 is 0 Å². The Bertz CT molecular complexity index is 607. The first-order chi connectivity index (χ1) is 9.93. The van der Waals surface area contributed by atoms with Crippen LogP contribution in [-0.4, -0.2) is 25.8 Å². The second-order valence-electron chi connectivity index (χ2n) is 5.77. The van der Waals surface area contributed by atoms with E-state index in [1.165, 1.54) is 0 Å². The third kappa shape index (κ3) is 3.40. The van der Waals surface area contributed by atoms with Gasteiger partial charge in [0.2, 0.25) is 10.0 Å². The monoisotopic (exact) mass is 310 g/mol. The Labute approximate surface area is 128 Å². The van der Waals surface area contributed by atoms with Crippen LogP contribution in [0.5, 0.6) is 0 Å². The van der Waals surface area contributed by atoms with Crippen molar-refractivity contribution in [2.45, 2.75) is 51.3 Å². The Balaban J connectivity index is 2.48. The van der Waals surface area contributed by atoms with E-state index in [1.807, 2.05) is 26.8 Å². The normalized spacial score (nSPS) is 15.6. The van der Waals surface area contributed by atoms with Crippen molar-refractivity contribution in [3.05, 3.63) is 23.3 Å². The van der Waals surface area contributed by atoms with Crippen molar-refractivity contribution >= 4 is 15.7 Å². The molecule has 0 amide bonds. The predicted octanol–water partition coefficient (Wildman–Crippen LogP) is 2.81. The molecule has 0 aromatic heterocycles. The average Bonchev–Trinajstić information content (AvgIpc) is 3.27. The van der Waals surface area contributed by atoms with E-state index in [1.54, 1.807) is 10.4 Å². The van der Waals surface area contributed by atoms with Crippen LogP contribution in [0.25, 0.3) is 0 Å². The molecule has 1 aromatic rings. The third-order valence-electron chi connectivity index (χ3n) is 4.19. The zero-order chi connectivity index (χ0) is 15.6. The summed E-state index contributed by atoms with van der Waals surface area (Å²) < 4.78 is 27.6. The number of nitrogen functional groups attached to an aromatic ring is 1. The lowest BCUT2D eigenvalue weighted by Gasteiger charge is -2.23. The molecule has 0 bridgehead atoms. The van der Waals surface area contributed by atoms with Gasteiger partial charge in [-0.3, -0.25) is 0 Å². The molecule has 5 heteroatoms. The molecular formula is C16H26N2O2S. The highest BCUT2D eigenvalue weighted by Gasteiger charge is 2.32. The highest BCUT2D eigenvalue weighted by molar-refractivity contribution is 7.89. The summed E-state index contributed by atoms with van der Waals surface area (Å²) >= 11 is 0. The van der Waals surface area contributed by atoms with Crippen LogP contribution in [0, 0.1) is 5.92 Å². The standard InChI is InChI=1S/C16H26N2O2S/c1-4-12-9-15(17)14(5-2)16(10-12)21(19,20)18(6-3)11-13-7-8-13/h9-10,13H,4-8,11,17H2,1-3H3. The van der Waals surface area contributed by atoms with Crippen LogP contribution in [0.3, 0.4) is 0 Å². The lowest BCUT2D eigenvalue weighted by molar-refractivity contribution is 0.411. The topological polar surface area (TPSA) is 63.4 Å². The first-order valence-corrected chi connectivity index (χ1v) is 9.29. The lowest BCUT2D eigenvalue weighted by Crippen LogP contribution is -2.33. The Morgan fingerprint density at radius 3 is 2.33 bits per heavy atom. The van der Waals surface area contributed by atoms with Gasteiger partial charge < -0.3 is 5.73 Å². The van der Waals surface area contributed by atoms with E-state index in [4.69, 9.17) is 5.73 Å². The average molecular weight is 310 g/mol. The molecule has 0 aliphatic heterocycles. The molecule has 1 fully saturated rings. The van der Waals surface area contributed by atoms with Crippen LogP contribution in [0.4, 0.5) is 5.69 Å². The fourth-order valence-corrected chi connectivity index (χ4v) is 4.56. The Hall–Kier alpha value is -1.07. The number of nitrogens with two attached hydrogens (primary N) is 1. The molecule has 1 saturated carbocycles. The third-order valence-corrected chi connectivity index (χ3v) is 6.20. The van der Waals surface area contributed by atoms with Gasteiger partial charge in [0, 0.05) is 18.8 Å². The van der Waals surface area contributed by atoms with E-state index in [0.29, 0.717) is 36.0 Å². The highest BCUT2D eigenvalue weighted by Crippen LogP contribution is 2.33. The van der Waals surface area contributed by atoms with Crippen molar-refractivity contribution < 1.29 is 8.42 Å². The van der Waals surface area contributed by atoms with E-state index in [-0.39, 0.29) is 0 Å². The van der Waals surface area contributed by atoms with Gasteiger partial charge in [-0.15, -0.1) is 0 Å². The van der Waals surface area contributed by atoms with Crippen molar-refractivity contribution in [1.29, 1.82) is 0 Å². The minimum absolute atomic E-state index is 0.407. The summed E-state index contributed by atoms with van der Waals surface area (Å²) in [5.41, 5.74) is 8.40. The smallest absolute Gasteiger partial charge is 0.243 e. The molecule has 4 nitrogen and oxygen atoms in total. The van der Waals surface area contributed by atoms with Gasteiger partial charge in [-0.25, -0.2) is 8.42 Å². The molecular weight excluding hydrogens is 284 g/mol. The van der Waals surface area contributed by atoms with Crippen molar-refractivity contribution in [1.82, 2.24) is 4.31 Å². The van der Waals surface area contributed by atoms with E-state index < -0.39 is 10.0 Å². The Morgan fingerprint density at radius 2 is 1.86 bits per heavy atom. The number of benzene rings is 1. The van der Waals surface area contributed by atoms with Gasteiger partial charge in [-0.05, 0) is 54.9 Å². The number of sulfonamides is 1. The first kappa shape index (κ1) is 16.3. The number of anilines is 1. The second-order valence-corrected chi connectivity index (χ2v) is 7.67. The van der Waals surface area contributed by atoms with Crippen LogP contribution >= 0.6 is 0 Å². The predicted molar refractivity (Wildman–Crippen MR) is 86.8 cm³/mol. The molecule has 21 heavy (non-hydrogen) atoms. The van der Waals surface area contributed by atoms with E-state index in [2.05, 4.69) is 0 Å². The molecule has 0 saturated heterocycles. The summed E-state index contributed by atoms with van der Waals surface area (Å²) in [6.07, 6.45) is 3.70. The van der Waals surface area contributed by atoms with Gasteiger partial charge in [0.15, 0.2) is 0 Å². The van der Waals surface area contributed by atoms with Gasteiger partial charge in [0.05, 0.1) is 4.90 Å². The second kappa shape index (κ2) is 6.36. The molecule has 1 aliphatic carbocycles. The molecule has 118 valence electrons. The van der Waals surface area contributed by atoms with Crippen molar-refractivity contribution in [3.63, 3.8) is 0 Å². The summed E-state index contributed by atoms with van der Waals surface area (Å²) in [6.45, 7) is 7.02. The Kier molecular flexibility index (Phi) is 4.94. The van der Waals surface area contributed by atoms with Crippen LogP contribution < -0.4 is 5.73 Å². The molecule has 2 N–H and O–H groups in total. The summed E-state index contributed by atoms with van der Waals surface area (Å²) in [6, 6.07) is 3.70. The van der Waals surface area contributed by atoms with Gasteiger partial charge in [-0.1, -0.05) is 20.8 Å². The molecule has 1 aliphatic rings. The number of nitrogens with zero attached hydrogens (tertiary/aromatic N) is 1. The SMILES string of the molecule is CCc1cc(N)c(CC)c(S(=O)(=O)N(CC)CC2CC2)c1. The number of hydrogen-bond donors (Lipinski definition) is 1. The number of rotatable bonds is 7. The summed E-state index contributed by atoms with van der Waals surface area (Å²) in [7, 11) is -3.45. The molecule has 0 radical (unpaired) electrons. The van der Waals surface area contributed by atoms with Gasteiger partial charge in [-0.2, -0.15) is 4.31 Å². The summed E-state index contributed by atoms with van der Waals surface area (Å²) in [5, 5.41) is 0. The zero-order valence-corrected chi connectivity index (χ0v) is 14.0.